The second-order valence-electron chi connectivity index (χ2n) is 4.96. The molecule has 0 saturated heterocycles. The zero-order valence-electron chi connectivity index (χ0n) is 10.5. The Kier molecular flexibility index (Phi) is 5.37. The number of alkyl halides is 1. The van der Waals surface area contributed by atoms with E-state index in [-0.39, 0.29) is 11.3 Å². The average molecular weight is 321 g/mol. The van der Waals surface area contributed by atoms with Crippen LogP contribution in [-0.2, 0) is 0 Å². The molecule has 2 unspecified atom stereocenters. The Morgan fingerprint density at radius 3 is 2.84 bits per heavy atom. The van der Waals surface area contributed by atoms with Crippen molar-refractivity contribution in [2.45, 2.75) is 31.1 Å². The SMILES string of the molecule is O=C(NCC1CCCC(Cl)C1)c1cc(Cl)ccc1Cl. The zero-order valence-corrected chi connectivity index (χ0v) is 12.7. The highest BCUT2D eigenvalue weighted by Crippen LogP contribution is 2.27. The molecular weight excluding hydrogens is 305 g/mol. The molecule has 1 fully saturated rings. The van der Waals surface area contributed by atoms with Gasteiger partial charge in [0.2, 0.25) is 0 Å². The van der Waals surface area contributed by atoms with E-state index >= 15 is 0 Å². The third kappa shape index (κ3) is 4.27. The van der Waals surface area contributed by atoms with Crippen LogP contribution in [0.4, 0.5) is 0 Å². The van der Waals surface area contributed by atoms with Crippen LogP contribution in [0.5, 0.6) is 0 Å². The monoisotopic (exact) mass is 319 g/mol. The molecule has 1 N–H and O–H groups in total. The molecule has 0 radical (unpaired) electrons. The average Bonchev–Trinajstić information content (AvgIpc) is 2.39. The quantitative estimate of drug-likeness (QED) is 0.815. The fourth-order valence-corrected chi connectivity index (χ4v) is 3.20. The minimum atomic E-state index is -0.177. The number of hydrogen-bond acceptors (Lipinski definition) is 1. The van der Waals surface area contributed by atoms with Gasteiger partial charge in [-0.3, -0.25) is 4.79 Å². The van der Waals surface area contributed by atoms with Crippen LogP contribution in [0.15, 0.2) is 18.2 Å². The first kappa shape index (κ1) is 15.0. The van der Waals surface area contributed by atoms with Crippen LogP contribution < -0.4 is 5.32 Å². The topological polar surface area (TPSA) is 29.1 Å². The van der Waals surface area contributed by atoms with E-state index in [0.717, 1.165) is 25.7 Å². The van der Waals surface area contributed by atoms with Crippen molar-refractivity contribution >= 4 is 40.7 Å². The number of carbonyl (C=O) groups is 1. The summed E-state index contributed by atoms with van der Waals surface area (Å²) in [7, 11) is 0. The highest BCUT2D eigenvalue weighted by atomic mass is 35.5. The fourth-order valence-electron chi connectivity index (χ4n) is 2.41. The summed E-state index contributed by atoms with van der Waals surface area (Å²) < 4.78 is 0. The minimum Gasteiger partial charge on any atom is -0.352 e. The molecule has 2 atom stereocenters. The van der Waals surface area contributed by atoms with Gasteiger partial charge in [0.15, 0.2) is 0 Å². The first-order valence-corrected chi connectivity index (χ1v) is 7.63. The van der Waals surface area contributed by atoms with E-state index in [4.69, 9.17) is 34.8 Å². The molecule has 1 aromatic rings. The van der Waals surface area contributed by atoms with E-state index in [1.165, 1.54) is 0 Å². The number of halogens is 3. The maximum Gasteiger partial charge on any atom is 0.252 e. The Hall–Kier alpha value is -0.440. The van der Waals surface area contributed by atoms with Crippen molar-refractivity contribution in [1.29, 1.82) is 0 Å². The molecule has 1 aliphatic carbocycles. The first-order valence-electron chi connectivity index (χ1n) is 6.43. The number of rotatable bonds is 3. The summed E-state index contributed by atoms with van der Waals surface area (Å²) in [6.07, 6.45) is 4.29. The second kappa shape index (κ2) is 6.83. The summed E-state index contributed by atoms with van der Waals surface area (Å²) in [5, 5.41) is 4.08. The molecule has 2 nitrogen and oxygen atoms in total. The van der Waals surface area contributed by atoms with Crippen molar-refractivity contribution in [3.05, 3.63) is 33.8 Å². The lowest BCUT2D eigenvalue weighted by atomic mass is 9.89. The highest BCUT2D eigenvalue weighted by molar-refractivity contribution is 6.35. The molecule has 1 amide bonds. The van der Waals surface area contributed by atoms with Crippen LogP contribution in [0.2, 0.25) is 10.0 Å². The van der Waals surface area contributed by atoms with Gasteiger partial charge in [-0.15, -0.1) is 11.6 Å². The lowest BCUT2D eigenvalue weighted by Crippen LogP contribution is -2.32. The largest absolute Gasteiger partial charge is 0.352 e. The molecule has 0 aromatic heterocycles. The second-order valence-corrected chi connectivity index (χ2v) is 6.42. The van der Waals surface area contributed by atoms with Gasteiger partial charge in [-0.2, -0.15) is 0 Å². The molecule has 0 heterocycles. The van der Waals surface area contributed by atoms with Gasteiger partial charge < -0.3 is 5.32 Å². The zero-order chi connectivity index (χ0) is 13.8. The molecule has 1 aliphatic rings. The third-order valence-corrected chi connectivity index (χ3v) is 4.40. The Morgan fingerprint density at radius 1 is 1.32 bits per heavy atom. The maximum atomic E-state index is 12.1. The van der Waals surface area contributed by atoms with Crippen LogP contribution in [0, 0.1) is 5.92 Å². The van der Waals surface area contributed by atoms with Gasteiger partial charge in [0.25, 0.3) is 5.91 Å². The summed E-state index contributed by atoms with van der Waals surface area (Å²) >= 11 is 18.0. The number of carbonyl (C=O) groups excluding carboxylic acids is 1. The number of hydrogen-bond donors (Lipinski definition) is 1. The van der Waals surface area contributed by atoms with Gasteiger partial charge in [0.05, 0.1) is 10.6 Å². The van der Waals surface area contributed by atoms with Gasteiger partial charge in [0.1, 0.15) is 0 Å². The van der Waals surface area contributed by atoms with Crippen LogP contribution in [0.25, 0.3) is 0 Å². The normalized spacial score (nSPS) is 23.1. The van der Waals surface area contributed by atoms with Gasteiger partial charge in [-0.05, 0) is 43.4 Å². The van der Waals surface area contributed by atoms with Crippen LogP contribution in [0.3, 0.4) is 0 Å². The van der Waals surface area contributed by atoms with E-state index < -0.39 is 0 Å². The van der Waals surface area contributed by atoms with Gasteiger partial charge in [-0.1, -0.05) is 29.6 Å². The molecule has 0 aliphatic heterocycles. The number of nitrogens with one attached hydrogen (secondary N) is 1. The maximum absolute atomic E-state index is 12.1. The van der Waals surface area contributed by atoms with Crippen molar-refractivity contribution in [1.82, 2.24) is 5.32 Å². The molecular formula is C14H16Cl3NO. The summed E-state index contributed by atoms with van der Waals surface area (Å²) in [5.41, 5.74) is 0.424. The van der Waals surface area contributed by atoms with Crippen LogP contribution >= 0.6 is 34.8 Å². The Morgan fingerprint density at radius 2 is 2.11 bits per heavy atom. The third-order valence-electron chi connectivity index (χ3n) is 3.44. The minimum absolute atomic E-state index is 0.177. The predicted octanol–water partition coefficient (Wildman–Crippen LogP) is 4.52. The summed E-state index contributed by atoms with van der Waals surface area (Å²) in [4.78, 5) is 12.1. The van der Waals surface area contributed by atoms with Gasteiger partial charge in [0, 0.05) is 16.9 Å². The van der Waals surface area contributed by atoms with Crippen LogP contribution in [-0.4, -0.2) is 17.8 Å². The molecule has 1 saturated carbocycles. The van der Waals surface area contributed by atoms with Crippen molar-refractivity contribution < 1.29 is 4.79 Å². The standard InChI is InChI=1S/C14H16Cl3NO/c15-10-3-1-2-9(6-10)8-18-14(19)12-7-11(16)4-5-13(12)17/h4-5,7,9-10H,1-3,6,8H2,(H,18,19). The Balaban J connectivity index is 1.92. The molecule has 0 spiro atoms. The number of benzene rings is 1. The van der Waals surface area contributed by atoms with Crippen molar-refractivity contribution in [2.24, 2.45) is 5.92 Å². The van der Waals surface area contributed by atoms with Crippen molar-refractivity contribution in [2.75, 3.05) is 6.54 Å². The van der Waals surface area contributed by atoms with Gasteiger partial charge >= 0.3 is 0 Å². The summed E-state index contributed by atoms with van der Waals surface area (Å²) in [6.45, 7) is 0.644. The van der Waals surface area contributed by atoms with Crippen molar-refractivity contribution in [3.63, 3.8) is 0 Å². The lowest BCUT2D eigenvalue weighted by Gasteiger charge is -2.25. The van der Waals surface area contributed by atoms with Gasteiger partial charge in [-0.25, -0.2) is 0 Å². The summed E-state index contributed by atoms with van der Waals surface area (Å²) in [5.74, 6) is 0.280. The molecule has 104 valence electrons. The van der Waals surface area contributed by atoms with Crippen molar-refractivity contribution in [3.8, 4) is 0 Å². The molecule has 2 rings (SSSR count). The van der Waals surface area contributed by atoms with Crippen LogP contribution in [0.1, 0.15) is 36.0 Å². The van der Waals surface area contributed by atoms with E-state index in [9.17, 15) is 4.79 Å². The van der Waals surface area contributed by atoms with E-state index in [1.807, 2.05) is 0 Å². The number of amides is 1. The van der Waals surface area contributed by atoms with E-state index in [2.05, 4.69) is 5.32 Å². The Bertz CT molecular complexity index is 464. The molecule has 19 heavy (non-hydrogen) atoms. The molecule has 1 aromatic carbocycles. The van der Waals surface area contributed by atoms with E-state index in [1.54, 1.807) is 18.2 Å². The molecule has 5 heteroatoms. The predicted molar refractivity (Wildman–Crippen MR) is 80.4 cm³/mol. The lowest BCUT2D eigenvalue weighted by molar-refractivity contribution is 0.0944. The summed E-state index contributed by atoms with van der Waals surface area (Å²) in [6, 6.07) is 4.89. The molecule has 0 bridgehead atoms. The first-order chi connectivity index (χ1) is 9.06. The highest BCUT2D eigenvalue weighted by Gasteiger charge is 2.21. The smallest absolute Gasteiger partial charge is 0.252 e. The van der Waals surface area contributed by atoms with E-state index in [0.29, 0.717) is 28.1 Å². The fraction of sp³-hybridized carbons (Fsp3) is 0.500. The Labute approximate surface area is 128 Å².